The lowest BCUT2D eigenvalue weighted by Gasteiger charge is -2.04. The molecule has 2 nitrogen and oxygen atoms in total. The van der Waals surface area contributed by atoms with Crippen molar-refractivity contribution >= 4 is 0 Å². The van der Waals surface area contributed by atoms with Gasteiger partial charge in [0.15, 0.2) is 0 Å². The monoisotopic (exact) mass is 113 g/mol. The third-order valence-electron chi connectivity index (χ3n) is 1.37. The molecule has 0 spiro atoms. The van der Waals surface area contributed by atoms with Crippen molar-refractivity contribution in [2.24, 2.45) is 0 Å². The quantitative estimate of drug-likeness (QED) is 0.478. The molecule has 1 aliphatic heterocycles. The van der Waals surface area contributed by atoms with Crippen LogP contribution in [0.5, 0.6) is 0 Å². The molecule has 0 aromatic heterocycles. The van der Waals surface area contributed by atoms with Gasteiger partial charge in [0, 0.05) is 13.1 Å². The number of aliphatic hydroxyl groups is 1. The van der Waals surface area contributed by atoms with Gasteiger partial charge < -0.3 is 5.11 Å². The van der Waals surface area contributed by atoms with Crippen LogP contribution in [0.2, 0.25) is 0 Å². The Morgan fingerprint density at radius 2 is 2.62 bits per heavy atom. The second-order valence-electron chi connectivity index (χ2n) is 2.22. The third-order valence-corrected chi connectivity index (χ3v) is 1.37. The smallest absolute Gasteiger partial charge is 0.0654 e. The van der Waals surface area contributed by atoms with E-state index in [1.807, 2.05) is 7.05 Å². The molecular formula is C6H11NO. The summed E-state index contributed by atoms with van der Waals surface area (Å²) in [4.78, 5) is 2.16. The van der Waals surface area contributed by atoms with E-state index >= 15 is 0 Å². The zero-order valence-electron chi connectivity index (χ0n) is 5.09. The molecule has 0 atom stereocenters. The van der Waals surface area contributed by atoms with Gasteiger partial charge in [-0.3, -0.25) is 4.90 Å². The SMILES string of the molecule is CN1CC=C(CO)C1. The molecule has 0 saturated carbocycles. The summed E-state index contributed by atoms with van der Waals surface area (Å²) < 4.78 is 0. The van der Waals surface area contributed by atoms with Crippen molar-refractivity contribution in [3.05, 3.63) is 11.6 Å². The van der Waals surface area contributed by atoms with Crippen LogP contribution >= 0.6 is 0 Å². The Kier molecular flexibility index (Phi) is 1.65. The molecule has 1 N–H and O–H groups in total. The van der Waals surface area contributed by atoms with Gasteiger partial charge in [0.1, 0.15) is 0 Å². The number of rotatable bonds is 1. The van der Waals surface area contributed by atoms with Crippen LogP contribution in [0.15, 0.2) is 11.6 Å². The normalized spacial score (nSPS) is 21.5. The topological polar surface area (TPSA) is 23.5 Å². The summed E-state index contributed by atoms with van der Waals surface area (Å²) in [7, 11) is 2.04. The largest absolute Gasteiger partial charge is 0.392 e. The summed E-state index contributed by atoms with van der Waals surface area (Å²) in [6, 6.07) is 0. The van der Waals surface area contributed by atoms with Crippen molar-refractivity contribution in [2.75, 3.05) is 26.7 Å². The first-order valence-corrected chi connectivity index (χ1v) is 2.80. The minimum Gasteiger partial charge on any atom is -0.392 e. The minimum atomic E-state index is 0.227. The summed E-state index contributed by atoms with van der Waals surface area (Å²) >= 11 is 0. The van der Waals surface area contributed by atoms with E-state index in [-0.39, 0.29) is 6.61 Å². The summed E-state index contributed by atoms with van der Waals surface area (Å²) in [6.07, 6.45) is 2.07. The average molecular weight is 113 g/mol. The second-order valence-corrected chi connectivity index (χ2v) is 2.22. The molecule has 8 heavy (non-hydrogen) atoms. The number of likely N-dealkylation sites (N-methyl/N-ethyl adjacent to an activating group) is 1. The van der Waals surface area contributed by atoms with Crippen LogP contribution < -0.4 is 0 Å². The van der Waals surface area contributed by atoms with Crippen LogP contribution in [0.3, 0.4) is 0 Å². The summed E-state index contributed by atoms with van der Waals surface area (Å²) in [5.74, 6) is 0. The lowest BCUT2D eigenvalue weighted by Crippen LogP contribution is -2.14. The molecule has 0 bridgehead atoms. The van der Waals surface area contributed by atoms with Crippen LogP contribution in [-0.2, 0) is 0 Å². The molecule has 0 aromatic carbocycles. The average Bonchev–Trinajstić information content (AvgIpc) is 2.14. The lowest BCUT2D eigenvalue weighted by atomic mass is 10.3. The summed E-state index contributed by atoms with van der Waals surface area (Å²) in [5, 5.41) is 8.59. The predicted octanol–water partition coefficient (Wildman–Crippen LogP) is -0.149. The zero-order valence-corrected chi connectivity index (χ0v) is 5.09. The van der Waals surface area contributed by atoms with Gasteiger partial charge in [-0.1, -0.05) is 6.08 Å². The van der Waals surface area contributed by atoms with Crippen molar-refractivity contribution in [2.45, 2.75) is 0 Å². The molecule has 0 saturated heterocycles. The fraction of sp³-hybridized carbons (Fsp3) is 0.667. The Morgan fingerprint density at radius 1 is 1.88 bits per heavy atom. The van der Waals surface area contributed by atoms with Gasteiger partial charge in [-0.2, -0.15) is 0 Å². The number of hydrogen-bond donors (Lipinski definition) is 1. The van der Waals surface area contributed by atoms with Crippen molar-refractivity contribution in [3.8, 4) is 0 Å². The van der Waals surface area contributed by atoms with Crippen LogP contribution in [0, 0.1) is 0 Å². The first-order chi connectivity index (χ1) is 3.83. The maximum atomic E-state index is 8.59. The molecule has 0 aliphatic carbocycles. The van der Waals surface area contributed by atoms with Gasteiger partial charge in [-0.25, -0.2) is 0 Å². The van der Waals surface area contributed by atoms with Crippen LogP contribution in [-0.4, -0.2) is 36.8 Å². The molecule has 46 valence electrons. The Bertz CT molecular complexity index is 109. The molecule has 0 amide bonds. The van der Waals surface area contributed by atoms with E-state index in [0.29, 0.717) is 0 Å². The molecule has 0 radical (unpaired) electrons. The van der Waals surface area contributed by atoms with Crippen molar-refractivity contribution < 1.29 is 5.11 Å². The Morgan fingerprint density at radius 3 is 2.88 bits per heavy atom. The van der Waals surface area contributed by atoms with Gasteiger partial charge in [0.25, 0.3) is 0 Å². The van der Waals surface area contributed by atoms with Gasteiger partial charge in [0.2, 0.25) is 0 Å². The molecule has 1 heterocycles. The summed E-state index contributed by atoms with van der Waals surface area (Å²) in [5.41, 5.74) is 1.15. The number of nitrogens with zero attached hydrogens (tertiary/aromatic N) is 1. The first kappa shape index (κ1) is 5.79. The highest BCUT2D eigenvalue weighted by Gasteiger charge is 2.06. The number of aliphatic hydroxyl groups excluding tert-OH is 1. The van der Waals surface area contributed by atoms with Gasteiger partial charge in [-0.05, 0) is 12.6 Å². The zero-order chi connectivity index (χ0) is 5.98. The van der Waals surface area contributed by atoms with Crippen LogP contribution in [0.1, 0.15) is 0 Å². The molecule has 0 fully saturated rings. The maximum Gasteiger partial charge on any atom is 0.0654 e. The summed E-state index contributed by atoms with van der Waals surface area (Å²) in [6.45, 7) is 2.16. The molecule has 2 heteroatoms. The fourth-order valence-electron chi connectivity index (χ4n) is 0.875. The Hall–Kier alpha value is -0.340. The highest BCUT2D eigenvalue weighted by Crippen LogP contribution is 2.03. The fourth-order valence-corrected chi connectivity index (χ4v) is 0.875. The second kappa shape index (κ2) is 2.29. The van der Waals surface area contributed by atoms with Gasteiger partial charge in [0.05, 0.1) is 6.61 Å². The molecule has 1 aliphatic rings. The molecule has 1 rings (SSSR count). The number of hydrogen-bond acceptors (Lipinski definition) is 2. The van der Waals surface area contributed by atoms with E-state index in [1.54, 1.807) is 0 Å². The van der Waals surface area contributed by atoms with Crippen LogP contribution in [0.25, 0.3) is 0 Å². The minimum absolute atomic E-state index is 0.227. The van der Waals surface area contributed by atoms with E-state index < -0.39 is 0 Å². The van der Waals surface area contributed by atoms with Crippen molar-refractivity contribution in [1.29, 1.82) is 0 Å². The van der Waals surface area contributed by atoms with Crippen LogP contribution in [0.4, 0.5) is 0 Å². The van der Waals surface area contributed by atoms with Crippen molar-refractivity contribution in [3.63, 3.8) is 0 Å². The van der Waals surface area contributed by atoms with Crippen molar-refractivity contribution in [1.82, 2.24) is 4.90 Å². The molecular weight excluding hydrogens is 102 g/mol. The van der Waals surface area contributed by atoms with E-state index in [9.17, 15) is 0 Å². The van der Waals surface area contributed by atoms with E-state index in [0.717, 1.165) is 18.7 Å². The highest BCUT2D eigenvalue weighted by molar-refractivity contribution is 5.10. The van der Waals surface area contributed by atoms with E-state index in [1.165, 1.54) is 0 Å². The highest BCUT2D eigenvalue weighted by atomic mass is 16.3. The molecule has 0 unspecified atom stereocenters. The predicted molar refractivity (Wildman–Crippen MR) is 32.7 cm³/mol. The van der Waals surface area contributed by atoms with E-state index in [4.69, 9.17) is 5.11 Å². The first-order valence-electron chi connectivity index (χ1n) is 2.80. The lowest BCUT2D eigenvalue weighted by molar-refractivity contribution is 0.319. The Balaban J connectivity index is 2.37. The van der Waals surface area contributed by atoms with Gasteiger partial charge >= 0.3 is 0 Å². The Labute approximate surface area is 49.4 Å². The maximum absolute atomic E-state index is 8.59. The van der Waals surface area contributed by atoms with Gasteiger partial charge in [-0.15, -0.1) is 0 Å². The third kappa shape index (κ3) is 1.08. The standard InChI is InChI=1S/C6H11NO/c1-7-3-2-6(4-7)5-8/h2,8H,3-5H2,1H3. The van der Waals surface area contributed by atoms with E-state index in [2.05, 4.69) is 11.0 Å². The molecule has 0 aromatic rings.